The average molecular weight is 1200 g/mol. The van der Waals surface area contributed by atoms with E-state index in [1.54, 1.807) is 0 Å². The van der Waals surface area contributed by atoms with Crippen LogP contribution in [0.3, 0.4) is 0 Å². The molecule has 18 aromatic rings. The Morgan fingerprint density at radius 1 is 0.213 bits per heavy atom. The molecule has 0 bridgehead atoms. The van der Waals surface area contributed by atoms with E-state index in [0.29, 0.717) is 11.5 Å². The number of hydrogen-bond donors (Lipinski definition) is 0. The predicted octanol–water partition coefficient (Wildman–Crippen LogP) is 17.2. The van der Waals surface area contributed by atoms with Gasteiger partial charge in [0.15, 0.2) is 0 Å². The fourth-order valence-corrected chi connectivity index (χ4v) is 16.8. The Bertz CT molecular complexity index is 5910. The molecule has 0 N–H and O–H groups in total. The molecule has 0 unspecified atom stereocenters. The van der Waals surface area contributed by atoms with E-state index in [0.717, 1.165) is 167 Å². The van der Waals surface area contributed by atoms with Crippen LogP contribution in [0.1, 0.15) is 0 Å². The molecule has 8 heterocycles. The van der Waals surface area contributed by atoms with Crippen molar-refractivity contribution in [2.24, 2.45) is 0 Å². The second-order valence-corrected chi connectivity index (χ2v) is 25.3. The van der Waals surface area contributed by atoms with Gasteiger partial charge in [0.1, 0.15) is 46.0 Å². The summed E-state index contributed by atoms with van der Waals surface area (Å²) in [5.74, 6) is 6.03. The molecular formula is C84H48B2N4O4. The highest BCUT2D eigenvalue weighted by molar-refractivity contribution is 6.99. The Balaban J connectivity index is 0.901. The minimum absolute atomic E-state index is 0.242. The number of hydrogen-bond acceptors (Lipinski definition) is 4. The summed E-state index contributed by atoms with van der Waals surface area (Å²) < 4.78 is 40.1. The highest BCUT2D eigenvalue weighted by Crippen LogP contribution is 2.55. The van der Waals surface area contributed by atoms with Gasteiger partial charge in [0, 0.05) is 77.5 Å². The molecule has 4 aliphatic rings. The van der Waals surface area contributed by atoms with Crippen LogP contribution in [0.5, 0.6) is 46.0 Å². The molecule has 0 radical (unpaired) electrons. The van der Waals surface area contributed by atoms with Crippen LogP contribution in [0.2, 0.25) is 0 Å². The number of nitrogens with zero attached hydrogens (tertiary/aromatic N) is 4. The minimum atomic E-state index is -0.242. The summed E-state index contributed by atoms with van der Waals surface area (Å²) in [6, 6.07) is 105. The van der Waals surface area contributed by atoms with Gasteiger partial charge in [-0.15, -0.1) is 0 Å². The average Bonchev–Trinajstić information content (AvgIpc) is 0.922. The van der Waals surface area contributed by atoms with E-state index < -0.39 is 0 Å². The standard InChI is InChI=1S/C84H48B2N4O4/c1-11-31-63-51(21-1)52-22-2-12-32-64(52)87(63)49-41-43-69-57(45-49)55-25-5-15-35-67(55)89(69)71-47-77-81-83(93-75-39-19-9-29-61(75)85(81)59-27-7-17-37-73(59)91-77)79(71)80-72(48-78-82-84(80)94-76-40-20-10-30-62(76)86(82)60-28-8-18-38-74(60)92-78)90-68-36-16-6-26-56(68)58-46-50(42-44-70(58)90)88-65-33-13-3-23-53(65)54-24-4-14-34-66(54)88/h1-48H. The van der Waals surface area contributed by atoms with Crippen LogP contribution in [0.25, 0.3) is 121 Å². The molecule has 434 valence electrons. The van der Waals surface area contributed by atoms with Crippen LogP contribution in [0.15, 0.2) is 291 Å². The van der Waals surface area contributed by atoms with Gasteiger partial charge >= 0.3 is 0 Å². The van der Waals surface area contributed by atoms with Crippen molar-refractivity contribution in [3.05, 3.63) is 291 Å². The minimum Gasteiger partial charge on any atom is -0.458 e. The molecule has 8 nitrogen and oxygen atoms in total. The van der Waals surface area contributed by atoms with Gasteiger partial charge in [-0.25, -0.2) is 0 Å². The van der Waals surface area contributed by atoms with Crippen molar-refractivity contribution in [1.29, 1.82) is 0 Å². The molecule has 0 spiro atoms. The fourth-order valence-electron chi connectivity index (χ4n) is 16.8. The fraction of sp³-hybridized carbons (Fsp3) is 0. The van der Waals surface area contributed by atoms with E-state index in [9.17, 15) is 0 Å². The third kappa shape index (κ3) is 6.67. The van der Waals surface area contributed by atoms with Gasteiger partial charge in [-0.1, -0.05) is 182 Å². The third-order valence-corrected chi connectivity index (χ3v) is 20.6. The Kier molecular flexibility index (Phi) is 9.98. The second-order valence-electron chi connectivity index (χ2n) is 25.3. The van der Waals surface area contributed by atoms with E-state index >= 15 is 0 Å². The van der Waals surface area contributed by atoms with E-state index in [1.165, 1.54) is 21.5 Å². The van der Waals surface area contributed by atoms with Crippen LogP contribution >= 0.6 is 0 Å². The van der Waals surface area contributed by atoms with E-state index in [4.69, 9.17) is 18.9 Å². The summed E-state index contributed by atoms with van der Waals surface area (Å²) in [6.07, 6.45) is 0. The van der Waals surface area contributed by atoms with Crippen LogP contribution in [-0.2, 0) is 0 Å². The van der Waals surface area contributed by atoms with Crippen molar-refractivity contribution in [2.75, 3.05) is 0 Å². The molecular weight excluding hydrogens is 1150 g/mol. The zero-order valence-corrected chi connectivity index (χ0v) is 50.3. The highest BCUT2D eigenvalue weighted by Gasteiger charge is 2.47. The molecule has 0 saturated carbocycles. The Hall–Kier alpha value is -12.4. The third-order valence-electron chi connectivity index (χ3n) is 20.6. The van der Waals surface area contributed by atoms with Crippen molar-refractivity contribution in [3.8, 4) is 79.9 Å². The van der Waals surface area contributed by atoms with Gasteiger partial charge in [-0.05, 0) is 119 Å². The maximum atomic E-state index is 7.83. The lowest BCUT2D eigenvalue weighted by Gasteiger charge is -2.37. The van der Waals surface area contributed by atoms with Crippen molar-refractivity contribution < 1.29 is 18.9 Å². The van der Waals surface area contributed by atoms with Crippen molar-refractivity contribution >= 4 is 133 Å². The lowest BCUT2D eigenvalue weighted by molar-refractivity contribution is 0.460. The van der Waals surface area contributed by atoms with Gasteiger partial charge < -0.3 is 37.2 Å². The van der Waals surface area contributed by atoms with Gasteiger partial charge in [0.25, 0.3) is 13.4 Å². The molecule has 0 amide bonds. The van der Waals surface area contributed by atoms with Gasteiger partial charge in [-0.3, -0.25) is 0 Å². The summed E-state index contributed by atoms with van der Waals surface area (Å²) >= 11 is 0. The zero-order chi connectivity index (χ0) is 61.0. The topological polar surface area (TPSA) is 56.6 Å². The highest BCUT2D eigenvalue weighted by atomic mass is 16.5. The van der Waals surface area contributed by atoms with E-state index in [-0.39, 0.29) is 13.4 Å². The number of benzene rings is 14. The molecule has 22 rings (SSSR count). The lowest BCUT2D eigenvalue weighted by atomic mass is 9.34. The van der Waals surface area contributed by atoms with Crippen LogP contribution in [0, 0.1) is 0 Å². The molecule has 10 heteroatoms. The summed E-state index contributed by atoms with van der Waals surface area (Å²) in [4.78, 5) is 0. The van der Waals surface area contributed by atoms with Gasteiger partial charge in [-0.2, -0.15) is 0 Å². The normalized spacial score (nSPS) is 13.2. The number of para-hydroxylation sites is 10. The van der Waals surface area contributed by atoms with Crippen molar-refractivity contribution in [2.45, 2.75) is 0 Å². The Morgan fingerprint density at radius 3 is 0.819 bits per heavy atom. The van der Waals surface area contributed by atoms with Crippen molar-refractivity contribution in [3.63, 3.8) is 0 Å². The first-order valence-electron chi connectivity index (χ1n) is 32.2. The molecule has 4 aliphatic heterocycles. The first-order chi connectivity index (χ1) is 46.7. The SMILES string of the molecule is c1ccc2c(c1)Oc1cc(-n3c4ccccc4c4cc(-n5c6ccccc6c6ccccc65)ccc43)c(-c3c(-n4c5ccccc5c5cc(-n6c7ccccc7c7ccccc76)ccc54)cc4c5c3Oc3ccccc3B5c3ccccc3O4)c3c1B2c1ccccc1O3. The molecule has 94 heavy (non-hydrogen) atoms. The number of rotatable bonds is 5. The first kappa shape index (κ1) is 50.4. The Morgan fingerprint density at radius 2 is 0.479 bits per heavy atom. The lowest BCUT2D eigenvalue weighted by Crippen LogP contribution is -2.58. The predicted molar refractivity (Wildman–Crippen MR) is 385 cm³/mol. The number of ether oxygens (including phenoxy) is 4. The second kappa shape index (κ2) is 18.6. The van der Waals surface area contributed by atoms with Crippen molar-refractivity contribution in [1.82, 2.24) is 18.3 Å². The van der Waals surface area contributed by atoms with Crippen LogP contribution in [0.4, 0.5) is 0 Å². The summed E-state index contributed by atoms with van der Waals surface area (Å²) in [7, 11) is 0. The van der Waals surface area contributed by atoms with Crippen LogP contribution in [-0.4, -0.2) is 31.7 Å². The zero-order valence-electron chi connectivity index (χ0n) is 50.3. The van der Waals surface area contributed by atoms with E-state index in [2.05, 4.69) is 309 Å². The molecule has 0 fully saturated rings. The van der Waals surface area contributed by atoms with Gasteiger partial charge in [0.2, 0.25) is 0 Å². The maximum absolute atomic E-state index is 7.83. The molecule has 0 saturated heterocycles. The smallest absolute Gasteiger partial charge is 0.260 e. The monoisotopic (exact) mass is 1200 g/mol. The molecule has 0 aliphatic carbocycles. The molecule has 4 aromatic heterocycles. The summed E-state index contributed by atoms with van der Waals surface area (Å²) in [5.41, 5.74) is 20.5. The quantitative estimate of drug-likeness (QED) is 0.161. The van der Waals surface area contributed by atoms with Gasteiger partial charge in [0.05, 0.1) is 66.6 Å². The van der Waals surface area contributed by atoms with Crippen LogP contribution < -0.4 is 51.7 Å². The first-order valence-corrected chi connectivity index (χ1v) is 32.2. The molecule has 0 atom stereocenters. The molecule has 14 aromatic carbocycles. The summed E-state index contributed by atoms with van der Waals surface area (Å²) in [6.45, 7) is -0.483. The number of fused-ring (bicyclic) bond motifs is 20. The maximum Gasteiger partial charge on any atom is 0.260 e. The van der Waals surface area contributed by atoms with E-state index in [1.807, 2.05) is 0 Å². The Labute approximate surface area is 538 Å². The summed E-state index contributed by atoms with van der Waals surface area (Å²) in [5, 5.41) is 9.28. The number of aromatic nitrogens is 4. The largest absolute Gasteiger partial charge is 0.458 e.